The summed E-state index contributed by atoms with van der Waals surface area (Å²) in [7, 11) is 0. The standard InChI is InChI=1S/C15H17N3/c1-2-11-3-5-12(6-4-11)15-13-9-16-8-7-14(13)17-10-18-15/h3-6,10,16H,2,7-9H2,1H3. The first-order valence-corrected chi connectivity index (χ1v) is 6.51. The predicted molar refractivity (Wildman–Crippen MR) is 72.3 cm³/mol. The summed E-state index contributed by atoms with van der Waals surface area (Å²) in [6.07, 6.45) is 3.76. The lowest BCUT2D eigenvalue weighted by Crippen LogP contribution is -2.25. The highest BCUT2D eigenvalue weighted by Crippen LogP contribution is 2.25. The maximum Gasteiger partial charge on any atom is 0.116 e. The average Bonchev–Trinajstić information content (AvgIpc) is 2.47. The average molecular weight is 239 g/mol. The number of fused-ring (bicyclic) bond motifs is 1. The molecule has 0 bridgehead atoms. The lowest BCUT2D eigenvalue weighted by atomic mass is 9.99. The molecule has 0 aliphatic carbocycles. The number of benzene rings is 1. The van der Waals surface area contributed by atoms with Crippen LogP contribution >= 0.6 is 0 Å². The Morgan fingerprint density at radius 2 is 2.00 bits per heavy atom. The van der Waals surface area contributed by atoms with Crippen LogP contribution in [0.25, 0.3) is 11.3 Å². The third kappa shape index (κ3) is 2.02. The van der Waals surface area contributed by atoms with Crippen molar-refractivity contribution in [1.29, 1.82) is 0 Å². The van der Waals surface area contributed by atoms with E-state index in [1.165, 1.54) is 22.4 Å². The number of nitrogens with one attached hydrogen (secondary N) is 1. The van der Waals surface area contributed by atoms with Crippen molar-refractivity contribution < 1.29 is 0 Å². The van der Waals surface area contributed by atoms with Crippen molar-refractivity contribution in [3.05, 3.63) is 47.4 Å². The fourth-order valence-electron chi connectivity index (χ4n) is 2.42. The molecule has 3 nitrogen and oxygen atoms in total. The molecule has 0 fully saturated rings. The zero-order chi connectivity index (χ0) is 12.4. The summed E-state index contributed by atoms with van der Waals surface area (Å²) in [4.78, 5) is 8.85. The second-order valence-corrected chi connectivity index (χ2v) is 4.62. The van der Waals surface area contributed by atoms with Gasteiger partial charge < -0.3 is 5.32 Å². The van der Waals surface area contributed by atoms with E-state index in [-0.39, 0.29) is 0 Å². The van der Waals surface area contributed by atoms with E-state index in [0.717, 1.165) is 31.6 Å². The molecule has 1 aromatic carbocycles. The van der Waals surface area contributed by atoms with Gasteiger partial charge in [-0.3, -0.25) is 0 Å². The lowest BCUT2D eigenvalue weighted by molar-refractivity contribution is 0.627. The summed E-state index contributed by atoms with van der Waals surface area (Å²) < 4.78 is 0. The van der Waals surface area contributed by atoms with Crippen LogP contribution in [0.3, 0.4) is 0 Å². The molecule has 1 aromatic heterocycles. The Bertz CT molecular complexity index is 546. The summed E-state index contributed by atoms with van der Waals surface area (Å²) in [6, 6.07) is 8.69. The Morgan fingerprint density at radius 3 is 2.78 bits per heavy atom. The van der Waals surface area contributed by atoms with Gasteiger partial charge in [0.1, 0.15) is 6.33 Å². The third-order valence-corrected chi connectivity index (χ3v) is 3.51. The molecule has 2 aromatic rings. The molecule has 2 heterocycles. The van der Waals surface area contributed by atoms with E-state index in [0.29, 0.717) is 0 Å². The molecule has 0 unspecified atom stereocenters. The van der Waals surface area contributed by atoms with E-state index in [9.17, 15) is 0 Å². The SMILES string of the molecule is CCc1ccc(-c2ncnc3c2CNCC3)cc1. The molecular weight excluding hydrogens is 222 g/mol. The number of nitrogens with zero attached hydrogens (tertiary/aromatic N) is 2. The van der Waals surface area contributed by atoms with Crippen molar-refractivity contribution in [1.82, 2.24) is 15.3 Å². The quantitative estimate of drug-likeness (QED) is 0.874. The molecule has 0 amide bonds. The lowest BCUT2D eigenvalue weighted by Gasteiger charge is -2.18. The second kappa shape index (κ2) is 4.86. The van der Waals surface area contributed by atoms with Crippen LogP contribution in [0.15, 0.2) is 30.6 Å². The van der Waals surface area contributed by atoms with Crippen molar-refractivity contribution in [2.45, 2.75) is 26.3 Å². The van der Waals surface area contributed by atoms with Gasteiger partial charge in [0.2, 0.25) is 0 Å². The van der Waals surface area contributed by atoms with Crippen molar-refractivity contribution in [2.75, 3.05) is 6.54 Å². The first-order chi connectivity index (χ1) is 8.88. The molecule has 3 heteroatoms. The van der Waals surface area contributed by atoms with E-state index in [4.69, 9.17) is 0 Å². The van der Waals surface area contributed by atoms with Gasteiger partial charge in [0, 0.05) is 30.6 Å². The van der Waals surface area contributed by atoms with Crippen molar-refractivity contribution >= 4 is 0 Å². The van der Waals surface area contributed by atoms with Gasteiger partial charge in [-0.1, -0.05) is 31.2 Å². The van der Waals surface area contributed by atoms with E-state index >= 15 is 0 Å². The minimum Gasteiger partial charge on any atom is -0.312 e. The largest absolute Gasteiger partial charge is 0.312 e. The Balaban J connectivity index is 2.05. The maximum absolute atomic E-state index is 4.47. The molecule has 0 saturated carbocycles. The van der Waals surface area contributed by atoms with Crippen LogP contribution in [-0.2, 0) is 19.4 Å². The topological polar surface area (TPSA) is 37.8 Å². The first-order valence-electron chi connectivity index (χ1n) is 6.51. The number of aryl methyl sites for hydroxylation is 1. The van der Waals surface area contributed by atoms with Gasteiger partial charge in [0.25, 0.3) is 0 Å². The Hall–Kier alpha value is -1.74. The molecule has 0 atom stereocenters. The van der Waals surface area contributed by atoms with E-state index < -0.39 is 0 Å². The molecule has 1 aliphatic heterocycles. The van der Waals surface area contributed by atoms with Crippen LogP contribution in [0, 0.1) is 0 Å². The van der Waals surface area contributed by atoms with Crippen LogP contribution in [0.2, 0.25) is 0 Å². The Morgan fingerprint density at radius 1 is 1.17 bits per heavy atom. The number of aromatic nitrogens is 2. The van der Waals surface area contributed by atoms with Crippen LogP contribution < -0.4 is 5.32 Å². The van der Waals surface area contributed by atoms with Crippen molar-refractivity contribution in [2.24, 2.45) is 0 Å². The number of rotatable bonds is 2. The Labute approximate surface area is 107 Å². The van der Waals surface area contributed by atoms with E-state index in [1.807, 2.05) is 0 Å². The van der Waals surface area contributed by atoms with Crippen molar-refractivity contribution in [3.8, 4) is 11.3 Å². The van der Waals surface area contributed by atoms with Crippen LogP contribution in [-0.4, -0.2) is 16.5 Å². The molecule has 0 saturated heterocycles. The molecular formula is C15H17N3. The van der Waals surface area contributed by atoms with Gasteiger partial charge in [-0.05, 0) is 12.0 Å². The van der Waals surface area contributed by atoms with Gasteiger partial charge >= 0.3 is 0 Å². The Kier molecular flexibility index (Phi) is 3.07. The zero-order valence-electron chi connectivity index (χ0n) is 10.6. The molecule has 0 radical (unpaired) electrons. The van der Waals surface area contributed by atoms with Gasteiger partial charge in [-0.15, -0.1) is 0 Å². The third-order valence-electron chi connectivity index (χ3n) is 3.51. The highest BCUT2D eigenvalue weighted by atomic mass is 14.9. The minimum absolute atomic E-state index is 0.876. The maximum atomic E-state index is 4.47. The second-order valence-electron chi connectivity index (χ2n) is 4.62. The minimum atomic E-state index is 0.876. The fourth-order valence-corrected chi connectivity index (χ4v) is 2.42. The molecule has 92 valence electrons. The molecule has 1 N–H and O–H groups in total. The highest BCUT2D eigenvalue weighted by molar-refractivity contribution is 5.64. The fraction of sp³-hybridized carbons (Fsp3) is 0.333. The van der Waals surface area contributed by atoms with Gasteiger partial charge in [0.15, 0.2) is 0 Å². The van der Waals surface area contributed by atoms with Crippen LogP contribution in [0.4, 0.5) is 0 Å². The van der Waals surface area contributed by atoms with Crippen LogP contribution in [0.1, 0.15) is 23.7 Å². The van der Waals surface area contributed by atoms with Gasteiger partial charge in [0.05, 0.1) is 11.4 Å². The summed E-state index contributed by atoms with van der Waals surface area (Å²) in [5.74, 6) is 0. The molecule has 3 rings (SSSR count). The molecule has 18 heavy (non-hydrogen) atoms. The molecule has 1 aliphatic rings. The van der Waals surface area contributed by atoms with Crippen LogP contribution in [0.5, 0.6) is 0 Å². The highest BCUT2D eigenvalue weighted by Gasteiger charge is 2.15. The summed E-state index contributed by atoms with van der Waals surface area (Å²) >= 11 is 0. The summed E-state index contributed by atoms with van der Waals surface area (Å²) in [6.45, 7) is 4.06. The normalized spacial score (nSPS) is 14.3. The summed E-state index contributed by atoms with van der Waals surface area (Å²) in [5.41, 5.74) is 6.08. The number of hydrogen-bond acceptors (Lipinski definition) is 3. The predicted octanol–water partition coefficient (Wildman–Crippen LogP) is 2.35. The monoisotopic (exact) mass is 239 g/mol. The van der Waals surface area contributed by atoms with Crippen molar-refractivity contribution in [3.63, 3.8) is 0 Å². The summed E-state index contributed by atoms with van der Waals surface area (Å²) in [5, 5.41) is 3.39. The van der Waals surface area contributed by atoms with Gasteiger partial charge in [-0.2, -0.15) is 0 Å². The van der Waals surface area contributed by atoms with Gasteiger partial charge in [-0.25, -0.2) is 9.97 Å². The molecule has 0 spiro atoms. The number of hydrogen-bond donors (Lipinski definition) is 1. The zero-order valence-corrected chi connectivity index (χ0v) is 10.6. The first kappa shape index (κ1) is 11.4. The smallest absolute Gasteiger partial charge is 0.116 e. The van der Waals surface area contributed by atoms with E-state index in [1.54, 1.807) is 6.33 Å². The van der Waals surface area contributed by atoms with E-state index in [2.05, 4.69) is 46.5 Å².